The molecule has 1 aromatic rings. The zero-order valence-electron chi connectivity index (χ0n) is 9.53. The van der Waals surface area contributed by atoms with E-state index >= 15 is 0 Å². The van der Waals surface area contributed by atoms with Gasteiger partial charge in [-0.2, -0.15) is 0 Å². The van der Waals surface area contributed by atoms with E-state index < -0.39 is 0 Å². The van der Waals surface area contributed by atoms with Crippen LogP contribution in [0.25, 0.3) is 0 Å². The number of unbranched alkanes of at least 4 members (excludes halogenated alkanes) is 1. The van der Waals surface area contributed by atoms with E-state index in [-0.39, 0.29) is 0 Å². The average Bonchev–Trinajstić information content (AvgIpc) is 2.59. The van der Waals surface area contributed by atoms with Gasteiger partial charge in [-0.15, -0.1) is 5.10 Å². The third kappa shape index (κ3) is 3.13. The normalized spacial score (nSPS) is 13.1. The molecule has 14 heavy (non-hydrogen) atoms. The molecule has 0 N–H and O–H groups in total. The Balaban J connectivity index is 2.57. The van der Waals surface area contributed by atoms with Crippen LogP contribution in [-0.4, -0.2) is 15.0 Å². The molecule has 0 spiro atoms. The van der Waals surface area contributed by atoms with Crippen molar-refractivity contribution in [2.45, 2.75) is 51.9 Å². The number of hydrogen-bond donors (Lipinski definition) is 0. The van der Waals surface area contributed by atoms with Gasteiger partial charge in [-0.05, 0) is 12.8 Å². The van der Waals surface area contributed by atoms with Crippen LogP contribution in [0, 0.1) is 0 Å². The van der Waals surface area contributed by atoms with Gasteiger partial charge in [0.2, 0.25) is 0 Å². The molecule has 0 aliphatic heterocycles. The highest BCUT2D eigenvalue weighted by Gasteiger charge is 2.13. The van der Waals surface area contributed by atoms with Crippen LogP contribution in [0.2, 0.25) is 0 Å². The first-order valence-corrected chi connectivity index (χ1v) is 5.64. The van der Waals surface area contributed by atoms with E-state index in [1.807, 2.05) is 7.05 Å². The van der Waals surface area contributed by atoms with Gasteiger partial charge in [-0.1, -0.05) is 38.3 Å². The van der Waals surface area contributed by atoms with Gasteiger partial charge in [0.1, 0.15) is 0 Å². The lowest BCUT2D eigenvalue weighted by Crippen LogP contribution is -1.99. The molecule has 0 saturated carbocycles. The van der Waals surface area contributed by atoms with Crippen molar-refractivity contribution in [1.82, 2.24) is 15.0 Å². The van der Waals surface area contributed by atoms with Gasteiger partial charge in [0, 0.05) is 19.2 Å². The third-order valence-corrected chi connectivity index (χ3v) is 2.58. The van der Waals surface area contributed by atoms with Crippen LogP contribution in [0.5, 0.6) is 0 Å². The molecule has 0 aromatic carbocycles. The summed E-state index contributed by atoms with van der Waals surface area (Å²) in [4.78, 5) is 0. The monoisotopic (exact) mass is 195 g/mol. The molecule has 80 valence electrons. The summed E-state index contributed by atoms with van der Waals surface area (Å²) >= 11 is 0. The highest BCUT2D eigenvalue weighted by Crippen LogP contribution is 2.24. The topological polar surface area (TPSA) is 30.7 Å². The maximum absolute atomic E-state index is 4.20. The van der Waals surface area contributed by atoms with E-state index in [9.17, 15) is 0 Å². The minimum absolute atomic E-state index is 0.619. The lowest BCUT2D eigenvalue weighted by Gasteiger charge is -2.11. The van der Waals surface area contributed by atoms with Crippen LogP contribution in [-0.2, 0) is 7.05 Å². The van der Waals surface area contributed by atoms with E-state index in [1.54, 1.807) is 4.68 Å². The van der Waals surface area contributed by atoms with Gasteiger partial charge < -0.3 is 0 Å². The molecule has 0 saturated heterocycles. The van der Waals surface area contributed by atoms with Gasteiger partial charge >= 0.3 is 0 Å². The van der Waals surface area contributed by atoms with Crippen LogP contribution in [0.1, 0.15) is 57.6 Å². The van der Waals surface area contributed by atoms with E-state index in [4.69, 9.17) is 0 Å². The molecule has 1 rings (SSSR count). The zero-order valence-corrected chi connectivity index (χ0v) is 9.53. The fourth-order valence-corrected chi connectivity index (χ4v) is 1.79. The molecule has 1 heterocycles. The minimum atomic E-state index is 0.619. The lowest BCUT2D eigenvalue weighted by molar-refractivity contribution is 0.529. The fraction of sp³-hybridized carbons (Fsp3) is 0.818. The van der Waals surface area contributed by atoms with Crippen molar-refractivity contribution in [2.24, 2.45) is 7.05 Å². The summed E-state index contributed by atoms with van der Waals surface area (Å²) in [6, 6.07) is 0. The summed E-state index contributed by atoms with van der Waals surface area (Å²) in [5.74, 6) is 0.619. The van der Waals surface area contributed by atoms with Crippen molar-refractivity contribution in [3.63, 3.8) is 0 Å². The molecule has 0 fully saturated rings. The number of hydrogen-bond acceptors (Lipinski definition) is 2. The Morgan fingerprint density at radius 3 is 2.57 bits per heavy atom. The first kappa shape index (κ1) is 11.2. The second-order valence-corrected chi connectivity index (χ2v) is 3.94. The quantitative estimate of drug-likeness (QED) is 0.698. The molecule has 1 atom stereocenters. The molecule has 0 aliphatic rings. The Kier molecular flexibility index (Phi) is 4.63. The third-order valence-electron chi connectivity index (χ3n) is 2.58. The Morgan fingerprint density at radius 1 is 1.29 bits per heavy atom. The Hall–Kier alpha value is -0.860. The average molecular weight is 195 g/mol. The predicted octanol–water partition coefficient (Wildman–Crippen LogP) is 2.89. The van der Waals surface area contributed by atoms with E-state index in [0.29, 0.717) is 5.92 Å². The maximum Gasteiger partial charge on any atom is 0.0857 e. The van der Waals surface area contributed by atoms with Crippen LogP contribution in [0.4, 0.5) is 0 Å². The number of rotatable bonds is 6. The first-order chi connectivity index (χ1) is 6.77. The smallest absolute Gasteiger partial charge is 0.0857 e. The Morgan fingerprint density at radius 2 is 2.07 bits per heavy atom. The highest BCUT2D eigenvalue weighted by atomic mass is 15.4. The molecule has 3 heteroatoms. The molecule has 1 aromatic heterocycles. The predicted molar refractivity (Wildman–Crippen MR) is 58.2 cm³/mol. The summed E-state index contributed by atoms with van der Waals surface area (Å²) in [5, 5.41) is 8.20. The standard InChI is InChI=1S/C11H21N3/c1-4-6-8-10(7-5-2)11-9-14(3)13-12-11/h9-10H,4-8H2,1-3H3. The second-order valence-electron chi connectivity index (χ2n) is 3.94. The Labute approximate surface area is 86.5 Å². The zero-order chi connectivity index (χ0) is 10.4. The molecular formula is C11H21N3. The van der Waals surface area contributed by atoms with Crippen LogP contribution in [0.15, 0.2) is 6.20 Å². The number of aryl methyl sites for hydroxylation is 1. The SMILES string of the molecule is CCCCC(CCC)c1cn(C)nn1. The van der Waals surface area contributed by atoms with Crippen molar-refractivity contribution in [3.05, 3.63) is 11.9 Å². The summed E-state index contributed by atoms with van der Waals surface area (Å²) in [6.45, 7) is 4.47. The van der Waals surface area contributed by atoms with Crippen molar-refractivity contribution in [3.8, 4) is 0 Å². The summed E-state index contributed by atoms with van der Waals surface area (Å²) < 4.78 is 1.80. The van der Waals surface area contributed by atoms with Crippen molar-refractivity contribution < 1.29 is 0 Å². The molecule has 0 bridgehead atoms. The number of nitrogens with zero attached hydrogens (tertiary/aromatic N) is 3. The van der Waals surface area contributed by atoms with Crippen molar-refractivity contribution in [2.75, 3.05) is 0 Å². The lowest BCUT2D eigenvalue weighted by atomic mass is 9.94. The second kappa shape index (κ2) is 5.78. The van der Waals surface area contributed by atoms with Crippen LogP contribution >= 0.6 is 0 Å². The summed E-state index contributed by atoms with van der Waals surface area (Å²) in [6.07, 6.45) is 8.32. The molecule has 0 aliphatic carbocycles. The van der Waals surface area contributed by atoms with Gasteiger partial charge in [0.25, 0.3) is 0 Å². The molecule has 0 amide bonds. The minimum Gasteiger partial charge on any atom is -0.255 e. The van der Waals surface area contributed by atoms with Crippen molar-refractivity contribution >= 4 is 0 Å². The van der Waals surface area contributed by atoms with Crippen molar-refractivity contribution in [1.29, 1.82) is 0 Å². The van der Waals surface area contributed by atoms with Gasteiger partial charge in [0.15, 0.2) is 0 Å². The van der Waals surface area contributed by atoms with Gasteiger partial charge in [-0.25, -0.2) is 0 Å². The van der Waals surface area contributed by atoms with E-state index in [1.165, 1.54) is 37.8 Å². The highest BCUT2D eigenvalue weighted by molar-refractivity contribution is 5.01. The fourth-order valence-electron chi connectivity index (χ4n) is 1.79. The first-order valence-electron chi connectivity index (χ1n) is 5.64. The van der Waals surface area contributed by atoms with E-state index in [2.05, 4.69) is 30.4 Å². The molecular weight excluding hydrogens is 174 g/mol. The van der Waals surface area contributed by atoms with Crippen LogP contribution in [0.3, 0.4) is 0 Å². The van der Waals surface area contributed by atoms with Gasteiger partial charge in [0.05, 0.1) is 5.69 Å². The van der Waals surface area contributed by atoms with Crippen LogP contribution < -0.4 is 0 Å². The largest absolute Gasteiger partial charge is 0.255 e. The summed E-state index contributed by atoms with van der Waals surface area (Å²) in [5.41, 5.74) is 1.17. The van der Waals surface area contributed by atoms with E-state index in [0.717, 1.165) is 0 Å². The number of aromatic nitrogens is 3. The molecule has 3 nitrogen and oxygen atoms in total. The molecule has 1 unspecified atom stereocenters. The maximum atomic E-state index is 4.20. The van der Waals surface area contributed by atoms with Gasteiger partial charge in [-0.3, -0.25) is 4.68 Å². The molecule has 0 radical (unpaired) electrons. The Bertz CT molecular complexity index is 255. The summed E-state index contributed by atoms with van der Waals surface area (Å²) in [7, 11) is 1.93.